The van der Waals surface area contributed by atoms with Crippen LogP contribution in [0.4, 0.5) is 0 Å². The molecule has 1 aromatic rings. The SMILES string of the molecule is CC(NC(=O)c1ccnc(CN)c1)C1CCOC1. The van der Waals surface area contributed by atoms with E-state index in [1.165, 1.54) is 0 Å². The molecule has 5 nitrogen and oxygen atoms in total. The molecular formula is C13H19N3O2. The van der Waals surface area contributed by atoms with Crippen LogP contribution in [-0.2, 0) is 11.3 Å². The summed E-state index contributed by atoms with van der Waals surface area (Å²) >= 11 is 0. The summed E-state index contributed by atoms with van der Waals surface area (Å²) in [6, 6.07) is 3.55. The van der Waals surface area contributed by atoms with E-state index in [0.717, 1.165) is 25.3 Å². The largest absolute Gasteiger partial charge is 0.381 e. The van der Waals surface area contributed by atoms with Gasteiger partial charge in [-0.1, -0.05) is 0 Å². The predicted molar refractivity (Wildman–Crippen MR) is 68.0 cm³/mol. The third-order valence-electron chi connectivity index (χ3n) is 3.32. The summed E-state index contributed by atoms with van der Waals surface area (Å²) in [5.41, 5.74) is 6.84. The second-order valence-corrected chi connectivity index (χ2v) is 4.63. The fraction of sp³-hybridized carbons (Fsp3) is 0.538. The minimum absolute atomic E-state index is 0.0773. The molecule has 1 aliphatic heterocycles. The summed E-state index contributed by atoms with van der Waals surface area (Å²) in [5, 5.41) is 3.00. The quantitative estimate of drug-likeness (QED) is 0.823. The first kappa shape index (κ1) is 13.0. The molecule has 2 rings (SSSR count). The third-order valence-corrected chi connectivity index (χ3v) is 3.32. The molecule has 98 valence electrons. The second-order valence-electron chi connectivity index (χ2n) is 4.63. The first-order valence-electron chi connectivity index (χ1n) is 6.24. The molecule has 0 bridgehead atoms. The second kappa shape index (κ2) is 5.93. The van der Waals surface area contributed by atoms with Gasteiger partial charge in [-0.05, 0) is 25.5 Å². The fourth-order valence-electron chi connectivity index (χ4n) is 2.09. The molecule has 3 N–H and O–H groups in total. The standard InChI is InChI=1S/C13H19N3O2/c1-9(11-3-5-18-8-11)16-13(17)10-2-4-15-12(6-10)7-14/h2,4,6,9,11H,3,5,7-8,14H2,1H3,(H,16,17). The third kappa shape index (κ3) is 3.05. The maximum Gasteiger partial charge on any atom is 0.251 e. The van der Waals surface area contributed by atoms with Crippen molar-refractivity contribution in [3.05, 3.63) is 29.6 Å². The Bertz CT molecular complexity index is 416. The molecular weight excluding hydrogens is 230 g/mol. The highest BCUT2D eigenvalue weighted by Gasteiger charge is 2.23. The molecule has 2 unspecified atom stereocenters. The number of amides is 1. The molecule has 1 fully saturated rings. The van der Waals surface area contributed by atoms with E-state index in [-0.39, 0.29) is 11.9 Å². The van der Waals surface area contributed by atoms with Crippen molar-refractivity contribution in [3.8, 4) is 0 Å². The summed E-state index contributed by atoms with van der Waals surface area (Å²) in [6.45, 7) is 3.87. The van der Waals surface area contributed by atoms with Gasteiger partial charge in [0.1, 0.15) is 0 Å². The highest BCUT2D eigenvalue weighted by molar-refractivity contribution is 5.94. The van der Waals surface area contributed by atoms with E-state index in [1.54, 1.807) is 18.3 Å². The summed E-state index contributed by atoms with van der Waals surface area (Å²) in [6.07, 6.45) is 2.62. The molecule has 1 aromatic heterocycles. The number of carbonyl (C=O) groups excluding carboxylic acids is 1. The van der Waals surface area contributed by atoms with Crippen molar-refractivity contribution in [2.75, 3.05) is 13.2 Å². The number of nitrogens with zero attached hydrogens (tertiary/aromatic N) is 1. The highest BCUT2D eigenvalue weighted by atomic mass is 16.5. The van der Waals surface area contributed by atoms with Crippen LogP contribution in [0, 0.1) is 5.92 Å². The molecule has 1 aliphatic rings. The van der Waals surface area contributed by atoms with Crippen molar-refractivity contribution in [1.29, 1.82) is 0 Å². The first-order valence-corrected chi connectivity index (χ1v) is 6.24. The molecule has 0 aromatic carbocycles. The Labute approximate surface area is 107 Å². The lowest BCUT2D eigenvalue weighted by molar-refractivity contribution is 0.0922. The lowest BCUT2D eigenvalue weighted by Gasteiger charge is -2.19. The lowest BCUT2D eigenvalue weighted by atomic mass is 10.0. The highest BCUT2D eigenvalue weighted by Crippen LogP contribution is 2.16. The molecule has 0 saturated carbocycles. The smallest absolute Gasteiger partial charge is 0.251 e. The van der Waals surface area contributed by atoms with Crippen LogP contribution in [0.3, 0.4) is 0 Å². The summed E-state index contributed by atoms with van der Waals surface area (Å²) in [4.78, 5) is 16.1. The minimum atomic E-state index is -0.0773. The van der Waals surface area contributed by atoms with Gasteiger partial charge in [0, 0.05) is 36.9 Å². The Morgan fingerprint density at radius 2 is 2.56 bits per heavy atom. The van der Waals surface area contributed by atoms with Crippen LogP contribution in [0.1, 0.15) is 29.4 Å². The number of pyridine rings is 1. The average molecular weight is 249 g/mol. The van der Waals surface area contributed by atoms with Gasteiger partial charge in [-0.3, -0.25) is 9.78 Å². The topological polar surface area (TPSA) is 77.2 Å². The van der Waals surface area contributed by atoms with Gasteiger partial charge in [0.25, 0.3) is 5.91 Å². The van der Waals surface area contributed by atoms with Gasteiger partial charge in [0.05, 0.1) is 12.3 Å². The summed E-state index contributed by atoms with van der Waals surface area (Å²) in [5.74, 6) is 0.330. The van der Waals surface area contributed by atoms with Crippen LogP contribution < -0.4 is 11.1 Å². The van der Waals surface area contributed by atoms with Gasteiger partial charge in [-0.25, -0.2) is 0 Å². The van der Waals surface area contributed by atoms with Gasteiger partial charge >= 0.3 is 0 Å². The Hall–Kier alpha value is -1.46. The molecule has 1 amide bonds. The van der Waals surface area contributed by atoms with Gasteiger partial charge in [0.15, 0.2) is 0 Å². The van der Waals surface area contributed by atoms with Crippen LogP contribution in [0.25, 0.3) is 0 Å². The zero-order valence-electron chi connectivity index (χ0n) is 10.6. The Kier molecular flexibility index (Phi) is 4.28. The molecule has 1 saturated heterocycles. The number of ether oxygens (including phenoxy) is 1. The van der Waals surface area contributed by atoms with Crippen LogP contribution in [-0.4, -0.2) is 30.1 Å². The van der Waals surface area contributed by atoms with Crippen LogP contribution in [0.2, 0.25) is 0 Å². The Balaban J connectivity index is 1.97. The van der Waals surface area contributed by atoms with Gasteiger partial charge in [-0.15, -0.1) is 0 Å². The number of hydrogen-bond donors (Lipinski definition) is 2. The number of nitrogens with one attached hydrogen (secondary N) is 1. The summed E-state index contributed by atoms with van der Waals surface area (Å²) in [7, 11) is 0. The zero-order chi connectivity index (χ0) is 13.0. The van der Waals surface area contributed by atoms with Crippen molar-refractivity contribution >= 4 is 5.91 Å². The lowest BCUT2D eigenvalue weighted by Crippen LogP contribution is -2.38. The van der Waals surface area contributed by atoms with Gasteiger partial charge in [0.2, 0.25) is 0 Å². The predicted octanol–water partition coefficient (Wildman–Crippen LogP) is 0.695. The Morgan fingerprint density at radius 1 is 1.72 bits per heavy atom. The van der Waals surface area contributed by atoms with E-state index in [0.29, 0.717) is 18.0 Å². The monoisotopic (exact) mass is 249 g/mol. The van der Waals surface area contributed by atoms with E-state index in [2.05, 4.69) is 10.3 Å². The number of nitrogens with two attached hydrogens (primary N) is 1. The molecule has 2 atom stereocenters. The van der Waals surface area contributed by atoms with Crippen molar-refractivity contribution in [1.82, 2.24) is 10.3 Å². The number of aromatic nitrogens is 1. The Morgan fingerprint density at radius 3 is 3.22 bits per heavy atom. The first-order chi connectivity index (χ1) is 8.70. The maximum absolute atomic E-state index is 12.1. The molecule has 18 heavy (non-hydrogen) atoms. The van der Waals surface area contributed by atoms with Crippen LogP contribution in [0.5, 0.6) is 0 Å². The zero-order valence-corrected chi connectivity index (χ0v) is 10.6. The van der Waals surface area contributed by atoms with Crippen molar-refractivity contribution < 1.29 is 9.53 Å². The van der Waals surface area contributed by atoms with Crippen molar-refractivity contribution in [2.24, 2.45) is 11.7 Å². The van der Waals surface area contributed by atoms with E-state index >= 15 is 0 Å². The minimum Gasteiger partial charge on any atom is -0.381 e. The molecule has 2 heterocycles. The van der Waals surface area contributed by atoms with E-state index in [4.69, 9.17) is 10.5 Å². The normalized spacial score (nSPS) is 20.7. The number of carbonyl (C=O) groups is 1. The van der Waals surface area contributed by atoms with E-state index < -0.39 is 0 Å². The van der Waals surface area contributed by atoms with Crippen molar-refractivity contribution in [2.45, 2.75) is 25.9 Å². The molecule has 0 spiro atoms. The van der Waals surface area contributed by atoms with Crippen molar-refractivity contribution in [3.63, 3.8) is 0 Å². The summed E-state index contributed by atoms with van der Waals surface area (Å²) < 4.78 is 5.32. The number of rotatable bonds is 4. The van der Waals surface area contributed by atoms with E-state index in [9.17, 15) is 4.79 Å². The molecule has 0 radical (unpaired) electrons. The van der Waals surface area contributed by atoms with Gasteiger partial charge < -0.3 is 15.8 Å². The van der Waals surface area contributed by atoms with Crippen LogP contribution in [0.15, 0.2) is 18.3 Å². The van der Waals surface area contributed by atoms with Gasteiger partial charge in [-0.2, -0.15) is 0 Å². The maximum atomic E-state index is 12.1. The number of hydrogen-bond acceptors (Lipinski definition) is 4. The van der Waals surface area contributed by atoms with Crippen LogP contribution >= 0.6 is 0 Å². The fourth-order valence-corrected chi connectivity index (χ4v) is 2.09. The average Bonchev–Trinajstić information content (AvgIpc) is 2.92. The molecule has 5 heteroatoms. The van der Waals surface area contributed by atoms with E-state index in [1.807, 2.05) is 6.92 Å². The molecule has 0 aliphatic carbocycles.